The smallest absolute Gasteiger partial charge is 0.254 e. The van der Waals surface area contributed by atoms with Crippen molar-refractivity contribution in [1.82, 2.24) is 4.90 Å². The number of thioether (sulfide) groups is 1. The van der Waals surface area contributed by atoms with Crippen LogP contribution in [0.3, 0.4) is 0 Å². The first kappa shape index (κ1) is 15.4. The van der Waals surface area contributed by atoms with Crippen LogP contribution in [-0.2, 0) is 6.54 Å². The number of amides is 1. The molecule has 110 valence electrons. The summed E-state index contributed by atoms with van der Waals surface area (Å²) in [7, 11) is 1.69. The van der Waals surface area contributed by atoms with E-state index >= 15 is 0 Å². The van der Waals surface area contributed by atoms with E-state index in [1.807, 2.05) is 30.5 Å². The van der Waals surface area contributed by atoms with Crippen LogP contribution in [0.4, 0.5) is 10.1 Å². The fourth-order valence-electron chi connectivity index (χ4n) is 2.03. The van der Waals surface area contributed by atoms with Crippen molar-refractivity contribution >= 4 is 23.4 Å². The minimum absolute atomic E-state index is 0.246. The van der Waals surface area contributed by atoms with E-state index in [1.54, 1.807) is 23.7 Å². The number of anilines is 1. The molecule has 0 bridgehead atoms. The van der Waals surface area contributed by atoms with Crippen LogP contribution in [0, 0.1) is 5.82 Å². The zero-order valence-corrected chi connectivity index (χ0v) is 12.8. The first-order chi connectivity index (χ1) is 9.99. The molecule has 0 fully saturated rings. The molecule has 0 aliphatic heterocycles. The highest BCUT2D eigenvalue weighted by Crippen LogP contribution is 2.17. The maximum atomic E-state index is 13.3. The van der Waals surface area contributed by atoms with E-state index in [0.717, 1.165) is 5.56 Å². The van der Waals surface area contributed by atoms with Gasteiger partial charge in [0.05, 0.1) is 0 Å². The van der Waals surface area contributed by atoms with Crippen LogP contribution < -0.4 is 5.73 Å². The lowest BCUT2D eigenvalue weighted by molar-refractivity contribution is 0.0784. The average molecular weight is 304 g/mol. The summed E-state index contributed by atoms with van der Waals surface area (Å²) in [4.78, 5) is 15.0. The molecular weight excluding hydrogens is 287 g/mol. The van der Waals surface area contributed by atoms with E-state index in [-0.39, 0.29) is 17.2 Å². The first-order valence-corrected chi connectivity index (χ1v) is 7.66. The van der Waals surface area contributed by atoms with Crippen LogP contribution in [0.2, 0.25) is 0 Å². The largest absolute Gasteiger partial charge is 0.399 e. The Hall–Kier alpha value is -2.01. The zero-order chi connectivity index (χ0) is 15.4. The number of nitrogens with two attached hydrogens (primary N) is 1. The Labute approximate surface area is 127 Å². The van der Waals surface area contributed by atoms with Crippen molar-refractivity contribution in [3.8, 4) is 0 Å². The summed E-state index contributed by atoms with van der Waals surface area (Å²) < 4.78 is 13.3. The summed E-state index contributed by atoms with van der Waals surface area (Å²) in [5.41, 5.74) is 7.10. The normalized spacial score (nSPS) is 10.4. The monoisotopic (exact) mass is 304 g/mol. The molecule has 0 aliphatic carbocycles. The van der Waals surface area contributed by atoms with Crippen molar-refractivity contribution < 1.29 is 9.18 Å². The molecule has 2 aromatic carbocycles. The fourth-order valence-corrected chi connectivity index (χ4v) is 2.44. The number of carbonyl (C=O) groups excluding carboxylic acids is 1. The predicted octanol–water partition coefficient (Wildman–Crippen LogP) is 3.40. The molecule has 3 nitrogen and oxygen atoms in total. The molecule has 0 saturated carbocycles. The van der Waals surface area contributed by atoms with Gasteiger partial charge >= 0.3 is 0 Å². The molecule has 2 aromatic rings. The molecule has 5 heteroatoms. The Bertz CT molecular complexity index is 623. The number of hydrogen-bond acceptors (Lipinski definition) is 3. The lowest BCUT2D eigenvalue weighted by Crippen LogP contribution is -2.26. The molecule has 0 heterocycles. The Morgan fingerprint density at radius 2 is 1.90 bits per heavy atom. The Balaban J connectivity index is 2.11. The number of halogens is 1. The summed E-state index contributed by atoms with van der Waals surface area (Å²) in [6.45, 7) is 0.462. The number of hydrogen-bond donors (Lipinski definition) is 1. The lowest BCUT2D eigenvalue weighted by Gasteiger charge is -2.18. The van der Waals surface area contributed by atoms with Crippen LogP contribution >= 0.6 is 11.8 Å². The third-order valence-corrected chi connectivity index (χ3v) is 3.84. The molecule has 0 aromatic heterocycles. The standard InChI is InChI=1S/C16H17FN2OS/c1-19(10-11-3-5-15(21-2)6-4-11)16(20)12-7-13(17)9-14(18)8-12/h3-9H,10,18H2,1-2H3. The highest BCUT2D eigenvalue weighted by atomic mass is 32.2. The molecule has 0 atom stereocenters. The molecule has 0 unspecified atom stereocenters. The maximum absolute atomic E-state index is 13.3. The number of nitrogens with zero attached hydrogens (tertiary/aromatic N) is 1. The van der Waals surface area contributed by atoms with Crippen molar-refractivity contribution in [2.75, 3.05) is 19.0 Å². The third-order valence-electron chi connectivity index (χ3n) is 3.09. The zero-order valence-electron chi connectivity index (χ0n) is 12.0. The number of nitrogen functional groups attached to an aromatic ring is 1. The maximum Gasteiger partial charge on any atom is 0.254 e. The van der Waals surface area contributed by atoms with Crippen LogP contribution in [0.15, 0.2) is 47.4 Å². The Kier molecular flexibility index (Phi) is 4.85. The van der Waals surface area contributed by atoms with Crippen molar-refractivity contribution in [3.05, 3.63) is 59.4 Å². The molecular formula is C16H17FN2OS. The van der Waals surface area contributed by atoms with Gasteiger partial charge in [-0.25, -0.2) is 4.39 Å². The lowest BCUT2D eigenvalue weighted by atomic mass is 10.1. The minimum Gasteiger partial charge on any atom is -0.399 e. The van der Waals surface area contributed by atoms with Crippen LogP contribution in [0.1, 0.15) is 15.9 Å². The van der Waals surface area contributed by atoms with E-state index < -0.39 is 5.82 Å². The van der Waals surface area contributed by atoms with Crippen LogP contribution in [0.5, 0.6) is 0 Å². The molecule has 0 saturated heterocycles. The SMILES string of the molecule is CSc1ccc(CN(C)C(=O)c2cc(N)cc(F)c2)cc1. The van der Waals surface area contributed by atoms with E-state index in [0.29, 0.717) is 6.54 Å². The van der Waals surface area contributed by atoms with Gasteiger partial charge in [-0.2, -0.15) is 0 Å². The fraction of sp³-hybridized carbons (Fsp3) is 0.188. The number of carbonyl (C=O) groups is 1. The van der Waals surface area contributed by atoms with Gasteiger partial charge in [0, 0.05) is 29.7 Å². The van der Waals surface area contributed by atoms with Crippen LogP contribution in [0.25, 0.3) is 0 Å². The first-order valence-electron chi connectivity index (χ1n) is 6.44. The van der Waals surface area contributed by atoms with E-state index in [9.17, 15) is 9.18 Å². The minimum atomic E-state index is -0.504. The summed E-state index contributed by atoms with van der Waals surface area (Å²) in [6.07, 6.45) is 2.01. The van der Waals surface area contributed by atoms with Crippen molar-refractivity contribution in [2.24, 2.45) is 0 Å². The van der Waals surface area contributed by atoms with Crippen molar-refractivity contribution in [1.29, 1.82) is 0 Å². The highest BCUT2D eigenvalue weighted by Gasteiger charge is 2.13. The van der Waals surface area contributed by atoms with Gasteiger partial charge in [0.25, 0.3) is 5.91 Å². The highest BCUT2D eigenvalue weighted by molar-refractivity contribution is 7.98. The Morgan fingerprint density at radius 3 is 2.48 bits per heavy atom. The van der Waals surface area contributed by atoms with Gasteiger partial charge < -0.3 is 10.6 Å². The van der Waals surface area contributed by atoms with Gasteiger partial charge in [0.1, 0.15) is 5.82 Å². The Morgan fingerprint density at radius 1 is 1.24 bits per heavy atom. The van der Waals surface area contributed by atoms with Crippen LogP contribution in [-0.4, -0.2) is 24.1 Å². The van der Waals surface area contributed by atoms with Crippen molar-refractivity contribution in [2.45, 2.75) is 11.4 Å². The predicted molar refractivity (Wildman–Crippen MR) is 84.8 cm³/mol. The summed E-state index contributed by atoms with van der Waals surface area (Å²) >= 11 is 1.67. The van der Waals surface area contributed by atoms with E-state index in [2.05, 4.69) is 0 Å². The second-order valence-corrected chi connectivity index (χ2v) is 5.66. The molecule has 21 heavy (non-hydrogen) atoms. The van der Waals surface area contributed by atoms with Gasteiger partial charge in [-0.3, -0.25) is 4.79 Å². The van der Waals surface area contributed by atoms with Crippen molar-refractivity contribution in [3.63, 3.8) is 0 Å². The second-order valence-electron chi connectivity index (χ2n) is 4.78. The van der Waals surface area contributed by atoms with Gasteiger partial charge in [-0.1, -0.05) is 12.1 Å². The van der Waals surface area contributed by atoms with Gasteiger partial charge in [-0.05, 0) is 42.2 Å². The molecule has 1 amide bonds. The topological polar surface area (TPSA) is 46.3 Å². The molecule has 2 rings (SSSR count). The van der Waals surface area contributed by atoms with Gasteiger partial charge in [0.15, 0.2) is 0 Å². The second kappa shape index (κ2) is 6.63. The van der Waals surface area contributed by atoms with Gasteiger partial charge in [0.2, 0.25) is 0 Å². The van der Waals surface area contributed by atoms with Gasteiger partial charge in [-0.15, -0.1) is 11.8 Å². The molecule has 0 spiro atoms. The average Bonchev–Trinajstić information content (AvgIpc) is 2.46. The summed E-state index contributed by atoms with van der Waals surface area (Å²) in [6, 6.07) is 11.9. The quantitative estimate of drug-likeness (QED) is 0.695. The van der Waals surface area contributed by atoms with E-state index in [1.165, 1.54) is 23.1 Å². The number of benzene rings is 2. The summed E-state index contributed by atoms with van der Waals surface area (Å²) in [5, 5.41) is 0. The summed E-state index contributed by atoms with van der Waals surface area (Å²) in [5.74, 6) is -0.758. The number of rotatable bonds is 4. The van der Waals surface area contributed by atoms with E-state index in [4.69, 9.17) is 5.73 Å². The molecule has 0 radical (unpaired) electrons. The molecule has 2 N–H and O–H groups in total. The third kappa shape index (κ3) is 3.98. The molecule has 0 aliphatic rings.